The lowest BCUT2D eigenvalue weighted by molar-refractivity contribution is 0.0746. The quantitative estimate of drug-likeness (QED) is 0.731. The number of hydrogen-bond donors (Lipinski definition) is 0. The van der Waals surface area contributed by atoms with E-state index < -0.39 is 0 Å². The summed E-state index contributed by atoms with van der Waals surface area (Å²) in [4.78, 5) is 16.9. The first-order valence-corrected chi connectivity index (χ1v) is 9.22. The van der Waals surface area contributed by atoms with E-state index in [1.54, 1.807) is 0 Å². The number of hydrogen-bond acceptors (Lipinski definition) is 4. The van der Waals surface area contributed by atoms with E-state index in [4.69, 9.17) is 0 Å². The number of pyridine rings is 1. The molecule has 1 aliphatic heterocycles. The summed E-state index contributed by atoms with van der Waals surface area (Å²) in [6.45, 7) is 2.99. The standard InChI is InChI=1S/C20H21N5O/c26-20(16-13-17-3-1-2-8-25(17)14-16)24-11-9-23(10-12-24)19-7-6-18(21-22-19)15-4-5-15/h1-3,6-8,13-15H,4-5,9-12H2. The molecule has 4 heterocycles. The van der Waals surface area contributed by atoms with Crippen molar-refractivity contribution in [2.75, 3.05) is 31.1 Å². The molecule has 2 aliphatic rings. The molecule has 6 nitrogen and oxygen atoms in total. The van der Waals surface area contributed by atoms with Crippen LogP contribution in [0.3, 0.4) is 0 Å². The van der Waals surface area contributed by atoms with Crippen LogP contribution in [0.1, 0.15) is 34.8 Å². The zero-order valence-corrected chi connectivity index (χ0v) is 14.6. The van der Waals surface area contributed by atoms with Crippen LogP contribution in [-0.2, 0) is 0 Å². The third-order valence-electron chi connectivity index (χ3n) is 5.31. The molecule has 0 spiro atoms. The van der Waals surface area contributed by atoms with Gasteiger partial charge in [-0.3, -0.25) is 4.79 Å². The summed E-state index contributed by atoms with van der Waals surface area (Å²) in [6.07, 6.45) is 6.35. The van der Waals surface area contributed by atoms with E-state index in [9.17, 15) is 4.79 Å². The summed E-state index contributed by atoms with van der Waals surface area (Å²) in [6, 6.07) is 12.1. The number of aromatic nitrogens is 3. The smallest absolute Gasteiger partial charge is 0.255 e. The molecule has 1 saturated heterocycles. The van der Waals surface area contributed by atoms with E-state index in [-0.39, 0.29) is 5.91 Å². The van der Waals surface area contributed by atoms with Crippen molar-refractivity contribution in [2.24, 2.45) is 0 Å². The normalized spacial score (nSPS) is 17.7. The predicted octanol–water partition coefficient (Wildman–Crippen LogP) is 2.57. The molecular formula is C20H21N5O. The van der Waals surface area contributed by atoms with Crippen LogP contribution in [0.15, 0.2) is 48.8 Å². The van der Waals surface area contributed by atoms with Crippen LogP contribution in [0.2, 0.25) is 0 Å². The lowest BCUT2D eigenvalue weighted by Gasteiger charge is -2.35. The maximum atomic E-state index is 12.8. The summed E-state index contributed by atoms with van der Waals surface area (Å²) in [5, 5.41) is 8.76. The van der Waals surface area contributed by atoms with Gasteiger partial charge in [-0.25, -0.2) is 0 Å². The Morgan fingerprint density at radius 1 is 1.00 bits per heavy atom. The molecular weight excluding hydrogens is 326 g/mol. The van der Waals surface area contributed by atoms with Gasteiger partial charge in [-0.05, 0) is 43.2 Å². The van der Waals surface area contributed by atoms with Gasteiger partial charge >= 0.3 is 0 Å². The molecule has 26 heavy (non-hydrogen) atoms. The Bertz CT molecular complexity index is 903. The van der Waals surface area contributed by atoms with E-state index in [2.05, 4.69) is 27.2 Å². The van der Waals surface area contributed by atoms with Crippen molar-refractivity contribution >= 4 is 17.2 Å². The fourth-order valence-electron chi connectivity index (χ4n) is 3.59. The van der Waals surface area contributed by atoms with Crippen LogP contribution in [0.4, 0.5) is 5.82 Å². The zero-order valence-electron chi connectivity index (χ0n) is 14.6. The van der Waals surface area contributed by atoms with E-state index >= 15 is 0 Å². The molecule has 0 atom stereocenters. The van der Waals surface area contributed by atoms with Crippen molar-refractivity contribution in [3.63, 3.8) is 0 Å². The van der Waals surface area contributed by atoms with Crippen LogP contribution in [-0.4, -0.2) is 51.6 Å². The molecule has 3 aromatic rings. The second kappa shape index (κ2) is 6.12. The monoisotopic (exact) mass is 347 g/mol. The first kappa shape index (κ1) is 15.4. The van der Waals surface area contributed by atoms with Crippen LogP contribution in [0, 0.1) is 0 Å². The van der Waals surface area contributed by atoms with Crippen molar-refractivity contribution in [1.29, 1.82) is 0 Å². The van der Waals surface area contributed by atoms with Gasteiger partial charge in [-0.15, -0.1) is 5.10 Å². The molecule has 6 heteroatoms. The molecule has 0 aromatic carbocycles. The van der Waals surface area contributed by atoms with E-state index in [0.717, 1.165) is 35.7 Å². The number of rotatable bonds is 3. The summed E-state index contributed by atoms with van der Waals surface area (Å²) in [7, 11) is 0. The highest BCUT2D eigenvalue weighted by Crippen LogP contribution is 2.38. The lowest BCUT2D eigenvalue weighted by atomic mass is 10.2. The minimum Gasteiger partial charge on any atom is -0.352 e. The fourth-order valence-corrected chi connectivity index (χ4v) is 3.59. The first-order chi connectivity index (χ1) is 12.8. The number of fused-ring (bicyclic) bond motifs is 1. The highest BCUT2D eigenvalue weighted by atomic mass is 16.2. The second-order valence-electron chi connectivity index (χ2n) is 7.13. The molecule has 1 aliphatic carbocycles. The number of carbonyl (C=O) groups is 1. The topological polar surface area (TPSA) is 53.7 Å². The maximum Gasteiger partial charge on any atom is 0.255 e. The molecule has 1 amide bonds. The first-order valence-electron chi connectivity index (χ1n) is 9.22. The van der Waals surface area contributed by atoms with Crippen LogP contribution >= 0.6 is 0 Å². The van der Waals surface area contributed by atoms with E-state index in [1.807, 2.05) is 46.0 Å². The predicted molar refractivity (Wildman–Crippen MR) is 99.5 cm³/mol. The Morgan fingerprint density at radius 3 is 2.54 bits per heavy atom. The summed E-state index contributed by atoms with van der Waals surface area (Å²) in [5.41, 5.74) is 2.90. The molecule has 3 aromatic heterocycles. The van der Waals surface area contributed by atoms with Gasteiger partial charge in [0.25, 0.3) is 5.91 Å². The average Bonchev–Trinajstić information content (AvgIpc) is 3.46. The Hall–Kier alpha value is -2.89. The van der Waals surface area contributed by atoms with Crippen molar-refractivity contribution in [3.8, 4) is 0 Å². The van der Waals surface area contributed by atoms with Crippen LogP contribution in [0.5, 0.6) is 0 Å². The summed E-state index contributed by atoms with van der Waals surface area (Å²) >= 11 is 0. The maximum absolute atomic E-state index is 12.8. The lowest BCUT2D eigenvalue weighted by Crippen LogP contribution is -2.49. The summed E-state index contributed by atoms with van der Waals surface area (Å²) in [5.74, 6) is 1.64. The number of piperazine rings is 1. The highest BCUT2D eigenvalue weighted by molar-refractivity contribution is 5.95. The average molecular weight is 347 g/mol. The molecule has 0 unspecified atom stereocenters. The number of carbonyl (C=O) groups excluding carboxylic acids is 1. The minimum atomic E-state index is 0.100. The minimum absolute atomic E-state index is 0.100. The molecule has 0 bridgehead atoms. The van der Waals surface area contributed by atoms with Crippen molar-refractivity contribution in [2.45, 2.75) is 18.8 Å². The zero-order chi connectivity index (χ0) is 17.5. The van der Waals surface area contributed by atoms with Gasteiger partial charge in [-0.2, -0.15) is 5.10 Å². The van der Waals surface area contributed by atoms with E-state index in [1.165, 1.54) is 12.8 Å². The van der Waals surface area contributed by atoms with Gasteiger partial charge < -0.3 is 14.2 Å². The van der Waals surface area contributed by atoms with Crippen molar-refractivity contribution in [1.82, 2.24) is 19.5 Å². The largest absolute Gasteiger partial charge is 0.352 e. The van der Waals surface area contributed by atoms with E-state index in [0.29, 0.717) is 19.0 Å². The summed E-state index contributed by atoms with van der Waals surface area (Å²) < 4.78 is 1.99. The van der Waals surface area contributed by atoms with Gasteiger partial charge in [0, 0.05) is 50.0 Å². The molecule has 132 valence electrons. The van der Waals surface area contributed by atoms with Gasteiger partial charge in [0.05, 0.1) is 11.3 Å². The third-order valence-corrected chi connectivity index (χ3v) is 5.31. The Labute approximate surface area is 152 Å². The van der Waals surface area contributed by atoms with Gasteiger partial charge in [0.15, 0.2) is 5.82 Å². The Kier molecular flexibility index (Phi) is 3.62. The van der Waals surface area contributed by atoms with Gasteiger partial charge in [0.1, 0.15) is 0 Å². The second-order valence-corrected chi connectivity index (χ2v) is 7.13. The molecule has 1 saturated carbocycles. The number of amides is 1. The van der Waals surface area contributed by atoms with Gasteiger partial charge in [0.2, 0.25) is 0 Å². The van der Waals surface area contributed by atoms with Gasteiger partial charge in [-0.1, -0.05) is 6.07 Å². The molecule has 0 N–H and O–H groups in total. The fraction of sp³-hybridized carbons (Fsp3) is 0.350. The van der Waals surface area contributed by atoms with Crippen molar-refractivity contribution < 1.29 is 4.79 Å². The van der Waals surface area contributed by atoms with Crippen molar-refractivity contribution in [3.05, 3.63) is 60.0 Å². The molecule has 2 fully saturated rings. The third kappa shape index (κ3) is 2.81. The molecule has 5 rings (SSSR count). The number of nitrogens with zero attached hydrogens (tertiary/aromatic N) is 5. The van der Waals surface area contributed by atoms with Crippen LogP contribution < -0.4 is 4.90 Å². The van der Waals surface area contributed by atoms with Crippen LogP contribution in [0.25, 0.3) is 5.52 Å². The number of anilines is 1. The molecule has 0 radical (unpaired) electrons. The Balaban J connectivity index is 1.25. The SMILES string of the molecule is O=C(c1cc2ccccn2c1)N1CCN(c2ccc(C3CC3)nn2)CC1. The highest BCUT2D eigenvalue weighted by Gasteiger charge is 2.27. The Morgan fingerprint density at radius 2 is 1.85 bits per heavy atom.